The van der Waals surface area contributed by atoms with Crippen molar-refractivity contribution in [2.75, 3.05) is 6.26 Å². The number of nitrogens with zero attached hydrogens (tertiary/aromatic N) is 3. The van der Waals surface area contributed by atoms with Crippen LogP contribution in [0.2, 0.25) is 0 Å². The molecule has 0 fully saturated rings. The molecule has 0 aliphatic rings. The highest BCUT2D eigenvalue weighted by Gasteiger charge is 2.27. The third-order valence-corrected chi connectivity index (χ3v) is 7.42. The molecule has 1 aromatic carbocycles. The Morgan fingerprint density at radius 3 is 2.31 bits per heavy atom. The second-order valence-electron chi connectivity index (χ2n) is 12.7. The van der Waals surface area contributed by atoms with Crippen molar-refractivity contribution in [3.8, 4) is 23.1 Å². The van der Waals surface area contributed by atoms with Gasteiger partial charge in [-0.15, -0.1) is 0 Å². The van der Waals surface area contributed by atoms with Crippen molar-refractivity contribution in [2.24, 2.45) is 0 Å². The van der Waals surface area contributed by atoms with Gasteiger partial charge in [-0.1, -0.05) is 12.0 Å². The third kappa shape index (κ3) is 9.19. The van der Waals surface area contributed by atoms with Gasteiger partial charge in [-0.05, 0) is 95.8 Å². The SMILES string of the molecule is Cc1nc(CS(C)(=O)=O)c2cccc(-c3ccc(C#CC(C)(C)O)nc3[C@@H](CC(=O)OC(C)(C)C)Cc3cc(F)cc(F)c3)n12. The van der Waals surface area contributed by atoms with Crippen LogP contribution in [-0.4, -0.2) is 51.3 Å². The molecule has 0 amide bonds. The molecule has 0 saturated carbocycles. The fourth-order valence-corrected chi connectivity index (χ4v) is 5.81. The molecule has 0 aliphatic carbocycles. The summed E-state index contributed by atoms with van der Waals surface area (Å²) in [5, 5.41) is 10.2. The van der Waals surface area contributed by atoms with Gasteiger partial charge in [0.2, 0.25) is 0 Å². The van der Waals surface area contributed by atoms with E-state index < -0.39 is 44.6 Å². The molecule has 0 saturated heterocycles. The molecule has 0 unspecified atom stereocenters. The number of aliphatic hydroxyl groups is 1. The number of aromatic nitrogens is 3. The standard InChI is InChI=1S/C34H37F2N3O5S/c1-21-37-28(20-45(7,42)43)30-10-8-9-29(39(21)30)27-12-11-26(13-14-34(5,6)41)38-32(27)23(18-31(40)44-33(2,3)4)15-22-16-24(35)19-25(36)17-22/h8-12,16-17,19,23,41H,15,18,20H2,1-7H3/t23-/m1/s1. The van der Waals surface area contributed by atoms with E-state index in [9.17, 15) is 27.1 Å². The van der Waals surface area contributed by atoms with Crippen molar-refractivity contribution in [2.45, 2.75) is 77.3 Å². The minimum atomic E-state index is -3.39. The lowest BCUT2D eigenvalue weighted by Gasteiger charge is -2.24. The second-order valence-corrected chi connectivity index (χ2v) is 14.9. The van der Waals surface area contributed by atoms with Crippen LogP contribution in [0.15, 0.2) is 48.5 Å². The second kappa shape index (κ2) is 12.7. The molecule has 1 N–H and O–H groups in total. The Hall–Kier alpha value is -4.14. The number of carbonyl (C=O) groups excluding carboxylic acids is 1. The van der Waals surface area contributed by atoms with E-state index in [-0.39, 0.29) is 18.6 Å². The molecule has 3 aromatic heterocycles. The van der Waals surface area contributed by atoms with Gasteiger partial charge in [0, 0.05) is 23.8 Å². The van der Waals surface area contributed by atoms with Crippen molar-refractivity contribution in [3.63, 3.8) is 0 Å². The zero-order valence-corrected chi connectivity index (χ0v) is 27.2. The van der Waals surface area contributed by atoms with Crippen molar-refractivity contribution in [3.05, 3.63) is 88.6 Å². The van der Waals surface area contributed by atoms with Crippen LogP contribution < -0.4 is 0 Å². The van der Waals surface area contributed by atoms with Crippen LogP contribution in [0.3, 0.4) is 0 Å². The lowest BCUT2D eigenvalue weighted by molar-refractivity contribution is -0.155. The minimum Gasteiger partial charge on any atom is -0.460 e. The molecular formula is C34H37F2N3O5S. The summed E-state index contributed by atoms with van der Waals surface area (Å²) >= 11 is 0. The Morgan fingerprint density at radius 2 is 1.71 bits per heavy atom. The smallest absolute Gasteiger partial charge is 0.306 e. The summed E-state index contributed by atoms with van der Waals surface area (Å²) < 4.78 is 60.3. The number of benzene rings is 1. The number of ether oxygens (including phenoxy) is 1. The average Bonchev–Trinajstić information content (AvgIpc) is 3.18. The first-order valence-electron chi connectivity index (χ1n) is 14.4. The number of pyridine rings is 2. The predicted molar refractivity (Wildman–Crippen MR) is 168 cm³/mol. The normalized spacial score (nSPS) is 12.9. The van der Waals surface area contributed by atoms with E-state index >= 15 is 0 Å². The first-order valence-corrected chi connectivity index (χ1v) is 16.4. The van der Waals surface area contributed by atoms with Crippen LogP contribution in [0.25, 0.3) is 16.8 Å². The van der Waals surface area contributed by atoms with Crippen molar-refractivity contribution < 1.29 is 31.8 Å². The molecule has 11 heteroatoms. The lowest BCUT2D eigenvalue weighted by Crippen LogP contribution is -2.25. The predicted octanol–water partition coefficient (Wildman–Crippen LogP) is 5.71. The van der Waals surface area contributed by atoms with Crippen LogP contribution in [0, 0.1) is 30.4 Å². The van der Waals surface area contributed by atoms with Crippen LogP contribution in [0.5, 0.6) is 0 Å². The molecule has 238 valence electrons. The topological polar surface area (TPSA) is 111 Å². The lowest BCUT2D eigenvalue weighted by atomic mass is 9.88. The number of hydrogen-bond donors (Lipinski definition) is 1. The fraction of sp³-hybridized carbons (Fsp3) is 0.382. The number of carbonyl (C=O) groups is 1. The van der Waals surface area contributed by atoms with E-state index in [0.717, 1.165) is 12.3 Å². The Labute approximate surface area is 262 Å². The number of imidazole rings is 1. The van der Waals surface area contributed by atoms with Crippen LogP contribution in [-0.2, 0) is 31.5 Å². The summed E-state index contributed by atoms with van der Waals surface area (Å²) in [6.45, 7) is 10.1. The summed E-state index contributed by atoms with van der Waals surface area (Å²) in [4.78, 5) is 22.6. The van der Waals surface area contributed by atoms with Crippen molar-refractivity contribution >= 4 is 21.3 Å². The largest absolute Gasteiger partial charge is 0.460 e. The molecule has 0 bridgehead atoms. The van der Waals surface area contributed by atoms with Gasteiger partial charge in [-0.2, -0.15) is 0 Å². The Kier molecular flexibility index (Phi) is 9.52. The van der Waals surface area contributed by atoms with Gasteiger partial charge in [0.1, 0.15) is 34.4 Å². The van der Waals surface area contributed by atoms with E-state index in [1.165, 1.54) is 26.0 Å². The first kappa shape index (κ1) is 33.7. The van der Waals surface area contributed by atoms with Crippen LogP contribution in [0.1, 0.15) is 75.4 Å². The van der Waals surface area contributed by atoms with Crippen LogP contribution >= 0.6 is 0 Å². The number of esters is 1. The van der Waals surface area contributed by atoms with Gasteiger partial charge in [-0.25, -0.2) is 27.2 Å². The molecule has 0 aliphatic heterocycles. The number of halogens is 2. The van der Waals surface area contributed by atoms with E-state index in [1.54, 1.807) is 52.0 Å². The summed E-state index contributed by atoms with van der Waals surface area (Å²) in [5.74, 6) is 3.14. The maximum Gasteiger partial charge on any atom is 0.306 e. The highest BCUT2D eigenvalue weighted by molar-refractivity contribution is 7.89. The molecule has 3 heterocycles. The molecule has 45 heavy (non-hydrogen) atoms. The molecule has 4 aromatic rings. The zero-order chi connectivity index (χ0) is 33.3. The maximum absolute atomic E-state index is 14.3. The maximum atomic E-state index is 14.3. The molecule has 0 spiro atoms. The third-order valence-electron chi connectivity index (χ3n) is 6.63. The van der Waals surface area contributed by atoms with Gasteiger partial charge in [0.25, 0.3) is 0 Å². The van der Waals surface area contributed by atoms with Gasteiger partial charge in [0.15, 0.2) is 9.84 Å². The van der Waals surface area contributed by atoms with Gasteiger partial charge >= 0.3 is 5.97 Å². The molecule has 8 nitrogen and oxygen atoms in total. The highest BCUT2D eigenvalue weighted by Crippen LogP contribution is 2.35. The first-order chi connectivity index (χ1) is 20.8. The molecule has 0 radical (unpaired) electrons. The van der Waals surface area contributed by atoms with E-state index in [4.69, 9.17) is 9.72 Å². The zero-order valence-electron chi connectivity index (χ0n) is 26.4. The van der Waals surface area contributed by atoms with Gasteiger partial charge in [0.05, 0.1) is 34.8 Å². The van der Waals surface area contributed by atoms with E-state index in [2.05, 4.69) is 16.8 Å². The summed E-state index contributed by atoms with van der Waals surface area (Å²) in [5.41, 5.74) is 1.11. The number of hydrogen-bond acceptors (Lipinski definition) is 7. The van der Waals surface area contributed by atoms with Gasteiger partial charge < -0.3 is 9.84 Å². The minimum absolute atomic E-state index is 0.0362. The van der Waals surface area contributed by atoms with Gasteiger partial charge in [-0.3, -0.25) is 9.20 Å². The average molecular weight is 638 g/mol. The molecule has 1 atom stereocenters. The monoisotopic (exact) mass is 637 g/mol. The Bertz CT molecular complexity index is 1910. The number of aryl methyl sites for hydroxylation is 1. The summed E-state index contributed by atoms with van der Waals surface area (Å²) in [6.07, 6.45) is 1.01. The number of rotatable bonds is 8. The Balaban J connectivity index is 1.98. The van der Waals surface area contributed by atoms with Crippen molar-refractivity contribution in [1.29, 1.82) is 0 Å². The number of sulfone groups is 1. The Morgan fingerprint density at radius 1 is 1.04 bits per heavy atom. The highest BCUT2D eigenvalue weighted by atomic mass is 32.2. The quantitative estimate of drug-likeness (QED) is 0.195. The number of fused-ring (bicyclic) bond motifs is 1. The van der Waals surface area contributed by atoms with Crippen molar-refractivity contribution in [1.82, 2.24) is 14.4 Å². The summed E-state index contributed by atoms with van der Waals surface area (Å²) in [6, 6.07) is 12.0. The van der Waals surface area contributed by atoms with E-state index in [1.807, 2.05) is 10.5 Å². The van der Waals surface area contributed by atoms with E-state index in [0.29, 0.717) is 45.2 Å². The summed E-state index contributed by atoms with van der Waals surface area (Å²) in [7, 11) is -3.39. The van der Waals surface area contributed by atoms with Crippen LogP contribution in [0.4, 0.5) is 8.78 Å². The molecule has 4 rings (SSSR count). The fourth-order valence-electron chi connectivity index (χ4n) is 5.10. The molecular weight excluding hydrogens is 600 g/mol.